The van der Waals surface area contributed by atoms with Crippen molar-refractivity contribution in [2.24, 2.45) is 17.8 Å². The Bertz CT molecular complexity index is 906. The molecule has 1 aromatic carbocycles. The number of benzene rings is 1. The van der Waals surface area contributed by atoms with Crippen LogP contribution in [0.25, 0.3) is 0 Å². The monoisotopic (exact) mass is 446 g/mol. The van der Waals surface area contributed by atoms with Crippen molar-refractivity contribution in [2.75, 3.05) is 0 Å². The molecule has 0 aliphatic carbocycles. The lowest BCUT2D eigenvalue weighted by Crippen LogP contribution is -2.30. The average molecular weight is 447 g/mol. The second-order valence-corrected chi connectivity index (χ2v) is 8.07. The number of esters is 1. The van der Waals surface area contributed by atoms with E-state index >= 15 is 0 Å². The van der Waals surface area contributed by atoms with Crippen molar-refractivity contribution in [3.05, 3.63) is 64.8 Å². The van der Waals surface area contributed by atoms with Crippen molar-refractivity contribution in [2.45, 2.75) is 33.3 Å². The molecule has 0 aliphatic heterocycles. The molecule has 0 aliphatic rings. The zero-order valence-corrected chi connectivity index (χ0v) is 18.6. The molecule has 30 heavy (non-hydrogen) atoms. The fourth-order valence-electron chi connectivity index (χ4n) is 3.17. The van der Waals surface area contributed by atoms with Gasteiger partial charge in [0.2, 0.25) is 12.0 Å². The number of aromatic nitrogens is 1. The minimum atomic E-state index is -1.16. The summed E-state index contributed by atoms with van der Waals surface area (Å²) in [6.07, 6.45) is 1.13. The molecular weight excluding hydrogens is 423 g/mol. The van der Waals surface area contributed by atoms with E-state index in [0.717, 1.165) is 0 Å². The first-order chi connectivity index (χ1) is 14.3. The Hall–Kier alpha value is -2.55. The van der Waals surface area contributed by atoms with Gasteiger partial charge >= 0.3 is 5.97 Å². The van der Waals surface area contributed by atoms with Crippen LogP contribution in [0, 0.1) is 29.1 Å². The third kappa shape index (κ3) is 6.76. The molecule has 0 bridgehead atoms. The van der Waals surface area contributed by atoms with Gasteiger partial charge in [-0.15, -0.1) is 0 Å². The summed E-state index contributed by atoms with van der Waals surface area (Å²) < 4.78 is 11.4. The van der Waals surface area contributed by atoms with E-state index < -0.39 is 18.0 Å². The van der Waals surface area contributed by atoms with Crippen molar-refractivity contribution in [3.63, 3.8) is 0 Å². The number of carbonyl (C=O) groups is 1. The predicted octanol–water partition coefficient (Wildman–Crippen LogP) is 6.60. The number of para-hydroxylation sites is 1. The molecule has 5 nitrogen and oxygen atoms in total. The Morgan fingerprint density at radius 2 is 1.87 bits per heavy atom. The van der Waals surface area contributed by atoms with Crippen molar-refractivity contribution in [1.29, 1.82) is 5.26 Å². The highest BCUT2D eigenvalue weighted by Crippen LogP contribution is 2.31. The molecule has 0 saturated heterocycles. The summed E-state index contributed by atoms with van der Waals surface area (Å²) in [5.41, 5.74) is 0.292. The fraction of sp³-hybridized carbons (Fsp3) is 0.348. The first-order valence-electron chi connectivity index (χ1n) is 9.68. The molecule has 0 N–H and O–H groups in total. The number of carbonyl (C=O) groups excluding carboxylic acids is 1. The molecular formula is C23H24Cl2N2O3. The first kappa shape index (κ1) is 23.7. The maximum atomic E-state index is 12.9. The highest BCUT2D eigenvalue weighted by atomic mass is 35.5. The normalized spacial score (nSPS) is 13.6. The van der Waals surface area contributed by atoms with E-state index in [0.29, 0.717) is 23.7 Å². The summed E-state index contributed by atoms with van der Waals surface area (Å²) in [5, 5.41) is 9.61. The van der Waals surface area contributed by atoms with Gasteiger partial charge < -0.3 is 9.47 Å². The van der Waals surface area contributed by atoms with Crippen molar-refractivity contribution < 1.29 is 14.3 Å². The zero-order valence-electron chi connectivity index (χ0n) is 17.1. The lowest BCUT2D eigenvalue weighted by Gasteiger charge is -2.26. The third-order valence-corrected chi connectivity index (χ3v) is 4.85. The SMILES string of the molecule is CCC(C=C(Cl)Cl)C(C(=O)OC(C#N)c1cccc(Oc2ccccc2)n1)C(C)C. The van der Waals surface area contributed by atoms with Crippen LogP contribution in [0.4, 0.5) is 0 Å². The molecule has 2 rings (SSSR count). The largest absolute Gasteiger partial charge is 0.440 e. The second-order valence-electron chi connectivity index (χ2n) is 7.06. The maximum absolute atomic E-state index is 12.9. The number of allylic oxidation sites excluding steroid dienone is 1. The van der Waals surface area contributed by atoms with Crippen molar-refractivity contribution in [3.8, 4) is 17.7 Å². The highest BCUT2D eigenvalue weighted by molar-refractivity contribution is 6.55. The van der Waals surface area contributed by atoms with Gasteiger partial charge in [0.1, 0.15) is 16.3 Å². The molecule has 2 aromatic rings. The molecule has 7 heteroatoms. The number of hydrogen-bond acceptors (Lipinski definition) is 5. The van der Waals surface area contributed by atoms with Gasteiger partial charge in [-0.1, -0.05) is 74.3 Å². The summed E-state index contributed by atoms with van der Waals surface area (Å²) >= 11 is 11.6. The Balaban J connectivity index is 2.21. The standard InChI is InChI=1S/C23H24Cl2N2O3/c1-4-16(13-20(24)25)22(15(2)3)23(28)30-19(14-26)18-11-8-12-21(27-18)29-17-9-6-5-7-10-17/h5-13,15-16,19,22H,4H2,1-3H3. The van der Waals surface area contributed by atoms with E-state index in [1.54, 1.807) is 36.4 Å². The Morgan fingerprint density at radius 3 is 2.43 bits per heavy atom. The summed E-state index contributed by atoms with van der Waals surface area (Å²) in [6.45, 7) is 5.77. The quantitative estimate of drug-likeness (QED) is 0.405. The predicted molar refractivity (Wildman–Crippen MR) is 117 cm³/mol. The Labute approximate surface area is 187 Å². The number of hydrogen-bond donors (Lipinski definition) is 0. The summed E-state index contributed by atoms with van der Waals surface area (Å²) in [7, 11) is 0. The molecule has 158 valence electrons. The van der Waals surface area contributed by atoms with Crippen LogP contribution in [-0.4, -0.2) is 11.0 Å². The summed E-state index contributed by atoms with van der Waals surface area (Å²) in [4.78, 5) is 17.3. The number of ether oxygens (including phenoxy) is 2. The van der Waals surface area contributed by atoms with E-state index in [2.05, 4.69) is 4.98 Å². The van der Waals surface area contributed by atoms with Crippen LogP contribution in [0.1, 0.15) is 39.0 Å². The van der Waals surface area contributed by atoms with Gasteiger partial charge in [-0.25, -0.2) is 4.98 Å². The third-order valence-electron chi connectivity index (χ3n) is 4.59. The second kappa shape index (κ2) is 11.6. The lowest BCUT2D eigenvalue weighted by molar-refractivity contribution is -0.155. The maximum Gasteiger partial charge on any atom is 0.311 e. The topological polar surface area (TPSA) is 72.2 Å². The fourth-order valence-corrected chi connectivity index (χ4v) is 3.49. The summed E-state index contributed by atoms with van der Waals surface area (Å²) in [6, 6.07) is 16.2. The van der Waals surface area contributed by atoms with Gasteiger partial charge in [0.05, 0.1) is 11.6 Å². The molecule has 0 radical (unpaired) electrons. The molecule has 0 fully saturated rings. The molecule has 0 amide bonds. The molecule has 1 aromatic heterocycles. The van der Waals surface area contributed by atoms with Crippen LogP contribution in [0.2, 0.25) is 0 Å². The highest BCUT2D eigenvalue weighted by Gasteiger charge is 2.33. The van der Waals surface area contributed by atoms with Crippen molar-refractivity contribution in [1.82, 2.24) is 4.98 Å². The van der Waals surface area contributed by atoms with E-state index in [9.17, 15) is 10.1 Å². The smallest absolute Gasteiger partial charge is 0.311 e. The van der Waals surface area contributed by atoms with Gasteiger partial charge in [-0.05, 0) is 36.5 Å². The van der Waals surface area contributed by atoms with Crippen LogP contribution in [0.5, 0.6) is 11.6 Å². The van der Waals surface area contributed by atoms with Gasteiger partial charge in [0.15, 0.2) is 0 Å². The Kier molecular flexibility index (Phi) is 9.16. The summed E-state index contributed by atoms with van der Waals surface area (Å²) in [5.74, 6) is -0.316. The van der Waals surface area contributed by atoms with Crippen LogP contribution >= 0.6 is 23.2 Å². The number of halogens is 2. The van der Waals surface area contributed by atoms with Gasteiger partial charge in [-0.2, -0.15) is 5.26 Å². The minimum Gasteiger partial charge on any atom is -0.440 e. The van der Waals surface area contributed by atoms with Crippen LogP contribution < -0.4 is 4.74 Å². The number of pyridine rings is 1. The number of nitrogens with zero attached hydrogens (tertiary/aromatic N) is 2. The number of nitriles is 1. The number of rotatable bonds is 9. The molecule has 3 unspecified atom stereocenters. The average Bonchev–Trinajstić information content (AvgIpc) is 2.71. The molecule has 0 saturated carbocycles. The van der Waals surface area contributed by atoms with E-state index in [-0.39, 0.29) is 16.3 Å². The van der Waals surface area contributed by atoms with Gasteiger partial charge in [0.25, 0.3) is 0 Å². The lowest BCUT2D eigenvalue weighted by atomic mass is 9.82. The molecule has 1 heterocycles. The van der Waals surface area contributed by atoms with Crippen molar-refractivity contribution >= 4 is 29.2 Å². The van der Waals surface area contributed by atoms with E-state index in [1.807, 2.05) is 45.0 Å². The van der Waals surface area contributed by atoms with Crippen LogP contribution in [0.15, 0.2) is 59.1 Å². The zero-order chi connectivity index (χ0) is 22.1. The van der Waals surface area contributed by atoms with E-state index in [1.165, 1.54) is 0 Å². The van der Waals surface area contributed by atoms with Gasteiger partial charge in [0, 0.05) is 6.07 Å². The van der Waals surface area contributed by atoms with Crippen LogP contribution in [0.3, 0.4) is 0 Å². The van der Waals surface area contributed by atoms with Gasteiger partial charge in [-0.3, -0.25) is 4.79 Å². The molecule has 0 spiro atoms. The van der Waals surface area contributed by atoms with Crippen LogP contribution in [-0.2, 0) is 9.53 Å². The minimum absolute atomic E-state index is 0.0357. The first-order valence-corrected chi connectivity index (χ1v) is 10.4. The van der Waals surface area contributed by atoms with E-state index in [4.69, 9.17) is 32.7 Å². The molecule has 3 atom stereocenters. The Morgan fingerprint density at radius 1 is 1.17 bits per heavy atom.